The van der Waals surface area contributed by atoms with Crippen LogP contribution in [0.2, 0.25) is 0 Å². The number of aliphatic hydroxyl groups excluding tert-OH is 2. The lowest BCUT2D eigenvalue weighted by molar-refractivity contribution is 0.0796. The number of benzene rings is 1. The van der Waals surface area contributed by atoms with Gasteiger partial charge in [-0.2, -0.15) is 0 Å². The summed E-state index contributed by atoms with van der Waals surface area (Å²) in [5, 5.41) is 24.3. The van der Waals surface area contributed by atoms with Gasteiger partial charge in [0.2, 0.25) is 0 Å². The summed E-state index contributed by atoms with van der Waals surface area (Å²) in [5.74, 6) is 0.945. The first kappa shape index (κ1) is 19.5. The van der Waals surface area contributed by atoms with Crippen molar-refractivity contribution in [1.82, 2.24) is 15.4 Å². The number of nitrogens with one attached hydrogen (secondary N) is 1. The largest absolute Gasteiger partial charge is 0.394 e. The maximum Gasteiger partial charge on any atom is 0.273 e. The molecule has 3 rings (SSSR count). The Morgan fingerprint density at radius 1 is 1.30 bits per heavy atom. The van der Waals surface area contributed by atoms with Crippen molar-refractivity contribution < 1.29 is 19.5 Å². The third kappa shape index (κ3) is 5.89. The highest BCUT2D eigenvalue weighted by Crippen LogP contribution is 2.23. The summed E-state index contributed by atoms with van der Waals surface area (Å²) in [4.78, 5) is 14.3. The quantitative estimate of drug-likeness (QED) is 0.643. The molecule has 1 saturated heterocycles. The molecule has 1 aromatic carbocycles. The minimum atomic E-state index is -0.975. The average Bonchev–Trinajstić information content (AvgIpc) is 3.17. The van der Waals surface area contributed by atoms with Gasteiger partial charge >= 0.3 is 0 Å². The molecular formula is C20H27N3O4. The van der Waals surface area contributed by atoms with Gasteiger partial charge in [0.25, 0.3) is 5.91 Å². The molecule has 0 aliphatic carbocycles. The van der Waals surface area contributed by atoms with E-state index in [2.05, 4.69) is 39.6 Å². The van der Waals surface area contributed by atoms with Gasteiger partial charge in [0.15, 0.2) is 11.5 Å². The molecule has 2 heterocycles. The molecule has 1 atom stereocenters. The maximum absolute atomic E-state index is 11.9. The van der Waals surface area contributed by atoms with Crippen molar-refractivity contribution in [2.24, 2.45) is 5.92 Å². The topological polar surface area (TPSA) is 98.8 Å². The number of aliphatic hydroxyl groups is 2. The minimum absolute atomic E-state index is 0.0214. The van der Waals surface area contributed by atoms with Crippen molar-refractivity contribution in [2.45, 2.75) is 31.9 Å². The van der Waals surface area contributed by atoms with E-state index in [4.69, 9.17) is 9.63 Å². The summed E-state index contributed by atoms with van der Waals surface area (Å²) in [7, 11) is 0. The van der Waals surface area contributed by atoms with Crippen molar-refractivity contribution in [1.29, 1.82) is 0 Å². The van der Waals surface area contributed by atoms with Gasteiger partial charge in [-0.15, -0.1) is 0 Å². The fourth-order valence-corrected chi connectivity index (χ4v) is 3.38. The first-order valence-electron chi connectivity index (χ1n) is 9.43. The standard InChI is InChI=1S/C20H27N3O4/c24-14-17(25)12-21-20(26)19-11-18(27-22-19)13-23-8-6-16(7-9-23)10-15-4-2-1-3-5-15/h1-5,11,16-17,24-25H,6-10,12-14H2,(H,21,26)/t17-/m0/s1. The molecule has 146 valence electrons. The highest BCUT2D eigenvalue weighted by Gasteiger charge is 2.21. The van der Waals surface area contributed by atoms with E-state index in [9.17, 15) is 9.90 Å². The number of likely N-dealkylation sites (tertiary alicyclic amines) is 1. The molecule has 1 aromatic heterocycles. The van der Waals surface area contributed by atoms with Crippen LogP contribution in [0.25, 0.3) is 0 Å². The summed E-state index contributed by atoms with van der Waals surface area (Å²) < 4.78 is 5.28. The van der Waals surface area contributed by atoms with Crippen molar-refractivity contribution in [3.63, 3.8) is 0 Å². The van der Waals surface area contributed by atoms with E-state index in [1.54, 1.807) is 6.07 Å². The highest BCUT2D eigenvalue weighted by atomic mass is 16.5. The molecule has 2 aromatic rings. The van der Waals surface area contributed by atoms with Crippen molar-refractivity contribution in [2.75, 3.05) is 26.2 Å². The highest BCUT2D eigenvalue weighted by molar-refractivity contribution is 5.92. The van der Waals surface area contributed by atoms with Crippen LogP contribution < -0.4 is 5.32 Å². The normalized spacial score (nSPS) is 17.0. The Morgan fingerprint density at radius 3 is 2.74 bits per heavy atom. The number of carbonyl (C=O) groups excluding carboxylic acids is 1. The van der Waals surface area contributed by atoms with Gasteiger partial charge in [-0.3, -0.25) is 9.69 Å². The Labute approximate surface area is 159 Å². The molecule has 0 spiro atoms. The summed E-state index contributed by atoms with van der Waals surface area (Å²) in [6.45, 7) is 2.22. The second-order valence-corrected chi connectivity index (χ2v) is 7.13. The Bertz CT molecular complexity index is 711. The lowest BCUT2D eigenvalue weighted by Crippen LogP contribution is -2.34. The Hall–Kier alpha value is -2.22. The van der Waals surface area contributed by atoms with Crippen molar-refractivity contribution in [3.8, 4) is 0 Å². The van der Waals surface area contributed by atoms with Crippen LogP contribution in [0.4, 0.5) is 0 Å². The smallest absolute Gasteiger partial charge is 0.273 e. The van der Waals surface area contributed by atoms with Crippen LogP contribution >= 0.6 is 0 Å². The van der Waals surface area contributed by atoms with Gasteiger partial charge in [0.05, 0.1) is 19.3 Å². The van der Waals surface area contributed by atoms with E-state index in [1.807, 2.05) is 6.07 Å². The minimum Gasteiger partial charge on any atom is -0.394 e. The zero-order valence-corrected chi connectivity index (χ0v) is 15.4. The zero-order valence-electron chi connectivity index (χ0n) is 15.4. The molecule has 0 bridgehead atoms. The predicted molar refractivity (Wildman–Crippen MR) is 100 cm³/mol. The van der Waals surface area contributed by atoms with Crippen LogP contribution in [0.15, 0.2) is 40.9 Å². The van der Waals surface area contributed by atoms with Gasteiger partial charge in [-0.25, -0.2) is 0 Å². The lowest BCUT2D eigenvalue weighted by Gasteiger charge is -2.31. The number of amides is 1. The van der Waals surface area contributed by atoms with Gasteiger partial charge in [-0.05, 0) is 43.8 Å². The van der Waals surface area contributed by atoms with E-state index in [0.29, 0.717) is 18.2 Å². The van der Waals surface area contributed by atoms with Gasteiger partial charge in [-0.1, -0.05) is 35.5 Å². The van der Waals surface area contributed by atoms with E-state index in [0.717, 1.165) is 32.4 Å². The van der Waals surface area contributed by atoms with E-state index in [-0.39, 0.29) is 12.2 Å². The fraction of sp³-hybridized carbons (Fsp3) is 0.500. The summed E-state index contributed by atoms with van der Waals surface area (Å²) in [5.41, 5.74) is 1.59. The Balaban J connectivity index is 1.43. The van der Waals surface area contributed by atoms with Crippen LogP contribution in [0.3, 0.4) is 0 Å². The summed E-state index contributed by atoms with van der Waals surface area (Å²) in [6, 6.07) is 12.2. The van der Waals surface area contributed by atoms with E-state index < -0.39 is 18.6 Å². The predicted octanol–water partition coefficient (Wildman–Crippen LogP) is 1.21. The molecule has 0 radical (unpaired) electrons. The average molecular weight is 373 g/mol. The number of aromatic nitrogens is 1. The molecule has 7 nitrogen and oxygen atoms in total. The fourth-order valence-electron chi connectivity index (χ4n) is 3.38. The first-order valence-corrected chi connectivity index (χ1v) is 9.43. The second-order valence-electron chi connectivity index (χ2n) is 7.13. The SMILES string of the molecule is O=C(NC[C@H](O)CO)c1cc(CN2CCC(Cc3ccccc3)CC2)on1. The second kappa shape index (κ2) is 9.64. The Morgan fingerprint density at radius 2 is 2.04 bits per heavy atom. The number of hydrogen-bond donors (Lipinski definition) is 3. The first-order chi connectivity index (χ1) is 13.1. The van der Waals surface area contributed by atoms with Gasteiger partial charge < -0.3 is 20.1 Å². The summed E-state index contributed by atoms with van der Waals surface area (Å²) in [6.07, 6.45) is 2.45. The zero-order chi connectivity index (χ0) is 19.1. The molecule has 1 fully saturated rings. The molecule has 1 aliphatic heterocycles. The molecule has 0 unspecified atom stereocenters. The monoisotopic (exact) mass is 373 g/mol. The van der Waals surface area contributed by atoms with Crippen molar-refractivity contribution >= 4 is 5.91 Å². The lowest BCUT2D eigenvalue weighted by atomic mass is 9.90. The summed E-state index contributed by atoms with van der Waals surface area (Å²) >= 11 is 0. The molecule has 0 saturated carbocycles. The van der Waals surface area contributed by atoms with Crippen LogP contribution in [0.1, 0.15) is 34.7 Å². The number of carbonyl (C=O) groups is 1. The number of hydrogen-bond acceptors (Lipinski definition) is 6. The van der Waals surface area contributed by atoms with Crippen LogP contribution in [0, 0.1) is 5.92 Å². The van der Waals surface area contributed by atoms with Crippen molar-refractivity contribution in [3.05, 3.63) is 53.4 Å². The molecule has 1 aliphatic rings. The van der Waals surface area contributed by atoms with Crippen LogP contribution in [-0.4, -0.2) is 58.5 Å². The number of rotatable bonds is 8. The van der Waals surface area contributed by atoms with E-state index in [1.165, 1.54) is 5.56 Å². The van der Waals surface area contributed by atoms with Gasteiger partial charge in [0, 0.05) is 12.6 Å². The molecule has 27 heavy (non-hydrogen) atoms. The number of piperidine rings is 1. The van der Waals surface area contributed by atoms with Crippen LogP contribution in [0.5, 0.6) is 0 Å². The number of nitrogens with zero attached hydrogens (tertiary/aromatic N) is 2. The maximum atomic E-state index is 11.9. The molecule has 3 N–H and O–H groups in total. The van der Waals surface area contributed by atoms with Gasteiger partial charge in [0.1, 0.15) is 0 Å². The Kier molecular flexibility index (Phi) is 6.98. The van der Waals surface area contributed by atoms with Crippen LogP contribution in [-0.2, 0) is 13.0 Å². The van der Waals surface area contributed by atoms with E-state index >= 15 is 0 Å². The molecule has 7 heteroatoms. The third-order valence-electron chi connectivity index (χ3n) is 4.95. The third-order valence-corrected chi connectivity index (χ3v) is 4.95. The molecule has 1 amide bonds. The molecular weight excluding hydrogens is 346 g/mol.